The number of ether oxygens (including phenoxy) is 4. The van der Waals surface area contributed by atoms with Gasteiger partial charge in [0.1, 0.15) is 18.5 Å². The molecule has 0 amide bonds. The van der Waals surface area contributed by atoms with Crippen LogP contribution >= 0.6 is 12.2 Å². The molecule has 0 unspecified atom stereocenters. The number of imidazole rings is 1. The van der Waals surface area contributed by atoms with Crippen LogP contribution < -0.4 is 0 Å². The van der Waals surface area contributed by atoms with Gasteiger partial charge in [-0.1, -0.05) is 27.7 Å². The Hall–Kier alpha value is -0.843. The van der Waals surface area contributed by atoms with Gasteiger partial charge in [-0.25, -0.2) is 4.98 Å². The van der Waals surface area contributed by atoms with Gasteiger partial charge in [0.05, 0.1) is 24.7 Å². The summed E-state index contributed by atoms with van der Waals surface area (Å²) in [6.45, 7) is 15.4. The molecule has 0 radical (unpaired) electrons. The normalized spacial score (nSPS) is 37.5. The predicted octanol–water partition coefficient (Wildman–Crippen LogP) is 4.66. The third-order valence-corrected chi connectivity index (χ3v) is 14.1. The van der Waals surface area contributed by atoms with Gasteiger partial charge in [-0.05, 0) is 56.0 Å². The molecule has 0 bridgehead atoms. The highest BCUT2D eigenvalue weighted by Gasteiger charge is 2.87. The van der Waals surface area contributed by atoms with Crippen LogP contribution in [-0.2, 0) is 23.4 Å². The molecule has 5 rings (SSSR count). The summed E-state index contributed by atoms with van der Waals surface area (Å²) in [6.07, 6.45) is 9.81. The molecule has 2 saturated heterocycles. The fraction of sp³-hybridized carbons (Fsp3) is 0.833. The van der Waals surface area contributed by atoms with E-state index < -0.39 is 25.3 Å². The molecule has 1 aromatic heterocycles. The lowest BCUT2D eigenvalue weighted by Gasteiger charge is -2.56. The number of hydrogen-bond acceptors (Lipinski definition) is 7. The summed E-state index contributed by atoms with van der Waals surface area (Å²) in [7, 11) is -2.03. The molecule has 2 saturated carbocycles. The minimum absolute atomic E-state index is 0.0476. The van der Waals surface area contributed by atoms with E-state index in [1.165, 1.54) is 0 Å². The van der Waals surface area contributed by atoms with Crippen LogP contribution in [0.1, 0.15) is 59.8 Å². The lowest BCUT2D eigenvalue weighted by Crippen LogP contribution is -2.66. The van der Waals surface area contributed by atoms with Gasteiger partial charge in [0, 0.05) is 18.8 Å². The second-order valence-electron chi connectivity index (χ2n) is 11.9. The van der Waals surface area contributed by atoms with Gasteiger partial charge in [0.2, 0.25) is 0 Å². The van der Waals surface area contributed by atoms with Crippen molar-refractivity contribution in [2.75, 3.05) is 19.8 Å². The number of fused-ring (bicyclic) bond motifs is 1. The average Bonchev–Trinajstić information content (AvgIpc) is 3.11. The minimum atomic E-state index is -2.03. The van der Waals surface area contributed by atoms with Crippen molar-refractivity contribution in [1.29, 1.82) is 0 Å². The summed E-state index contributed by atoms with van der Waals surface area (Å²) in [6, 6.07) is 0. The number of thiocarbonyl (C=S) groups is 1. The number of rotatable bonds is 4. The lowest BCUT2D eigenvalue weighted by molar-refractivity contribution is -0.278. The van der Waals surface area contributed by atoms with Gasteiger partial charge in [0.25, 0.3) is 5.17 Å². The monoisotopic (exact) mass is 494 g/mol. The maximum atomic E-state index is 7.05. The first-order chi connectivity index (χ1) is 15.4. The third kappa shape index (κ3) is 3.26. The van der Waals surface area contributed by atoms with Gasteiger partial charge in [-0.3, -0.25) is 4.57 Å². The molecule has 1 aromatic rings. The Balaban J connectivity index is 1.48. The van der Waals surface area contributed by atoms with Crippen LogP contribution in [0.2, 0.25) is 18.1 Å². The van der Waals surface area contributed by atoms with Gasteiger partial charge < -0.3 is 23.4 Å². The lowest BCUT2D eigenvalue weighted by atomic mass is 9.53. The van der Waals surface area contributed by atoms with Crippen molar-refractivity contribution in [3.63, 3.8) is 0 Å². The Bertz CT molecular complexity index is 912. The van der Waals surface area contributed by atoms with Crippen molar-refractivity contribution in [3.8, 4) is 0 Å². The molecular weight excluding hydrogens is 456 g/mol. The molecule has 4 atom stereocenters. The Morgan fingerprint density at radius 2 is 1.94 bits per heavy atom. The summed E-state index contributed by atoms with van der Waals surface area (Å²) < 4.78 is 34.6. The van der Waals surface area contributed by atoms with E-state index in [4.69, 9.17) is 35.6 Å². The molecule has 2 aliphatic heterocycles. The quantitative estimate of drug-likeness (QED) is 0.343. The third-order valence-electron chi connectivity index (χ3n) is 9.31. The van der Waals surface area contributed by atoms with Crippen molar-refractivity contribution in [2.24, 2.45) is 5.41 Å². The molecule has 2 spiro atoms. The van der Waals surface area contributed by atoms with Gasteiger partial charge in [0.15, 0.2) is 19.7 Å². The first kappa shape index (κ1) is 23.9. The topological polar surface area (TPSA) is 67.3 Å². The molecule has 2 aliphatic carbocycles. The van der Waals surface area contributed by atoms with Crippen LogP contribution in [0.25, 0.3) is 0 Å². The zero-order chi connectivity index (χ0) is 23.8. The number of aromatic nitrogens is 2. The molecule has 0 aromatic carbocycles. The number of nitrogens with zero attached hydrogens (tertiary/aromatic N) is 2. The van der Waals surface area contributed by atoms with Crippen LogP contribution in [0.3, 0.4) is 0 Å². The van der Waals surface area contributed by atoms with Crippen molar-refractivity contribution in [3.05, 3.63) is 18.7 Å². The second kappa shape index (κ2) is 7.58. The summed E-state index contributed by atoms with van der Waals surface area (Å²) in [4.78, 5) is 4.09. The van der Waals surface area contributed by atoms with E-state index in [1.54, 1.807) is 23.3 Å². The zero-order valence-corrected chi connectivity index (χ0v) is 22.6. The van der Waals surface area contributed by atoms with Crippen molar-refractivity contribution < 1.29 is 23.4 Å². The van der Waals surface area contributed by atoms with E-state index in [0.717, 1.165) is 32.1 Å². The maximum Gasteiger partial charge on any atom is 0.269 e. The SMILES string of the molecule is CC(C)(C)[Si](C)(C)O[C@H]1CC[C@]2(C)C3(CCC[C@]24O[C@]14COC(=S)n1ccnc1)OCCO3. The molecule has 4 fully saturated rings. The Morgan fingerprint density at radius 1 is 1.21 bits per heavy atom. The van der Waals surface area contributed by atoms with Crippen LogP contribution in [0, 0.1) is 5.41 Å². The molecule has 4 aliphatic rings. The van der Waals surface area contributed by atoms with Crippen LogP contribution in [0.15, 0.2) is 18.7 Å². The molecule has 0 N–H and O–H groups in total. The Labute approximate surface area is 203 Å². The summed E-state index contributed by atoms with van der Waals surface area (Å²) in [5, 5.41) is 0.486. The van der Waals surface area contributed by atoms with Gasteiger partial charge >= 0.3 is 0 Å². The van der Waals surface area contributed by atoms with E-state index in [1.807, 2.05) is 0 Å². The van der Waals surface area contributed by atoms with Gasteiger partial charge in [-0.15, -0.1) is 0 Å². The van der Waals surface area contributed by atoms with Crippen LogP contribution in [-0.4, -0.2) is 66.0 Å². The van der Waals surface area contributed by atoms with E-state index in [-0.39, 0.29) is 16.6 Å². The fourth-order valence-corrected chi connectivity index (χ4v) is 7.92. The highest BCUT2D eigenvalue weighted by atomic mass is 32.1. The smallest absolute Gasteiger partial charge is 0.269 e. The first-order valence-corrected chi connectivity index (χ1v) is 15.5. The van der Waals surface area contributed by atoms with Crippen molar-refractivity contribution >= 4 is 25.7 Å². The predicted molar refractivity (Wildman–Crippen MR) is 131 cm³/mol. The standard InChI is InChI=1S/C24H38N2O5SSi/c1-20(2,3)33(5,6)30-18-8-11-21(4)23(9-7-10-24(21)28-14-15-29-24)22(18,31-23)16-27-19(32)26-13-12-25-17-26/h12-13,17-18H,7-11,14-16H2,1-6H3/t18-,21-,22+,23-/m0/s1. The van der Waals surface area contributed by atoms with E-state index >= 15 is 0 Å². The molecule has 7 nitrogen and oxygen atoms in total. The van der Waals surface area contributed by atoms with Crippen molar-refractivity contribution in [1.82, 2.24) is 9.55 Å². The van der Waals surface area contributed by atoms with Crippen LogP contribution in [0.4, 0.5) is 0 Å². The molecule has 184 valence electrons. The molecule has 9 heteroatoms. The fourth-order valence-electron chi connectivity index (χ4n) is 6.38. The molecule has 33 heavy (non-hydrogen) atoms. The highest BCUT2D eigenvalue weighted by Crippen LogP contribution is 2.74. The summed E-state index contributed by atoms with van der Waals surface area (Å²) in [5.74, 6) is -0.584. The van der Waals surface area contributed by atoms with E-state index in [9.17, 15) is 0 Å². The molecule has 3 heterocycles. The Morgan fingerprint density at radius 3 is 2.58 bits per heavy atom. The maximum absolute atomic E-state index is 7.05. The van der Waals surface area contributed by atoms with Crippen molar-refractivity contribution in [2.45, 2.75) is 101 Å². The zero-order valence-electron chi connectivity index (χ0n) is 20.8. The van der Waals surface area contributed by atoms with Gasteiger partial charge in [-0.2, -0.15) is 0 Å². The highest BCUT2D eigenvalue weighted by molar-refractivity contribution is 7.80. The second-order valence-corrected chi connectivity index (χ2v) is 17.0. The number of hydrogen-bond donors (Lipinski definition) is 0. The Kier molecular flexibility index (Phi) is 5.48. The first-order valence-electron chi connectivity index (χ1n) is 12.2. The average molecular weight is 495 g/mol. The number of epoxide rings is 1. The van der Waals surface area contributed by atoms with E-state index in [2.05, 4.69) is 45.8 Å². The molecular formula is C24H38N2O5SSi. The largest absolute Gasteiger partial charge is 0.467 e. The van der Waals surface area contributed by atoms with Crippen LogP contribution in [0.5, 0.6) is 0 Å². The summed E-state index contributed by atoms with van der Waals surface area (Å²) in [5.41, 5.74) is -1.23. The summed E-state index contributed by atoms with van der Waals surface area (Å²) >= 11 is 5.55. The minimum Gasteiger partial charge on any atom is -0.467 e. The van der Waals surface area contributed by atoms with E-state index in [0.29, 0.717) is 25.0 Å².